The molecular formula is C14H26N4O. The van der Waals surface area contributed by atoms with E-state index >= 15 is 0 Å². The molecule has 1 aliphatic heterocycles. The smallest absolute Gasteiger partial charge is 0.128 e. The Morgan fingerprint density at radius 2 is 2.16 bits per heavy atom. The van der Waals surface area contributed by atoms with Crippen molar-refractivity contribution in [3.05, 3.63) is 11.3 Å². The number of anilines is 1. The van der Waals surface area contributed by atoms with Crippen LogP contribution >= 0.6 is 0 Å². The molecule has 108 valence electrons. The fourth-order valence-electron chi connectivity index (χ4n) is 2.68. The lowest BCUT2D eigenvalue weighted by Gasteiger charge is -2.36. The fourth-order valence-corrected chi connectivity index (χ4v) is 2.68. The number of nitrogens with one attached hydrogen (secondary N) is 1. The highest BCUT2D eigenvalue weighted by Crippen LogP contribution is 2.23. The minimum atomic E-state index is 0.316. The monoisotopic (exact) mass is 266 g/mol. The van der Waals surface area contributed by atoms with E-state index in [0.717, 1.165) is 37.8 Å². The molecule has 0 aromatic carbocycles. The summed E-state index contributed by atoms with van der Waals surface area (Å²) in [5.41, 5.74) is 2.43. The Labute approximate surface area is 115 Å². The molecule has 1 saturated heterocycles. The molecule has 1 N–H and O–H groups in total. The lowest BCUT2D eigenvalue weighted by atomic mass is 10.1. The summed E-state index contributed by atoms with van der Waals surface area (Å²) in [6, 6.07) is 0.463. The minimum Gasteiger partial charge on any atom is -0.376 e. The van der Waals surface area contributed by atoms with Crippen molar-refractivity contribution in [3.8, 4) is 0 Å². The molecule has 0 amide bonds. The Morgan fingerprint density at radius 3 is 2.84 bits per heavy atom. The van der Waals surface area contributed by atoms with Crippen molar-refractivity contribution in [2.75, 3.05) is 25.0 Å². The number of morpholine rings is 1. The van der Waals surface area contributed by atoms with Crippen molar-refractivity contribution in [1.82, 2.24) is 14.7 Å². The maximum atomic E-state index is 5.69. The third kappa shape index (κ3) is 3.09. The molecule has 0 bridgehead atoms. The Balaban J connectivity index is 2.17. The second-order valence-corrected chi connectivity index (χ2v) is 5.49. The van der Waals surface area contributed by atoms with Gasteiger partial charge in [-0.3, -0.25) is 9.58 Å². The zero-order valence-corrected chi connectivity index (χ0v) is 12.7. The van der Waals surface area contributed by atoms with Crippen LogP contribution in [0.1, 0.15) is 32.0 Å². The number of aryl methyl sites for hydroxylation is 2. The van der Waals surface area contributed by atoms with Gasteiger partial charge >= 0.3 is 0 Å². The molecule has 0 radical (unpaired) electrons. The van der Waals surface area contributed by atoms with E-state index in [0.29, 0.717) is 12.1 Å². The molecule has 19 heavy (non-hydrogen) atoms. The Bertz CT molecular complexity index is 429. The zero-order valence-electron chi connectivity index (χ0n) is 12.7. The Hall–Kier alpha value is -1.07. The van der Waals surface area contributed by atoms with Gasteiger partial charge in [0, 0.05) is 38.3 Å². The van der Waals surface area contributed by atoms with Crippen LogP contribution in [0.5, 0.6) is 0 Å². The number of hydrogen-bond acceptors (Lipinski definition) is 4. The summed E-state index contributed by atoms with van der Waals surface area (Å²) in [6.45, 7) is 12.2. The molecule has 5 nitrogen and oxygen atoms in total. The molecule has 1 fully saturated rings. The van der Waals surface area contributed by atoms with Crippen LogP contribution in [0.2, 0.25) is 0 Å². The van der Waals surface area contributed by atoms with E-state index in [9.17, 15) is 0 Å². The normalized spacial score (nSPS) is 24.7. The highest BCUT2D eigenvalue weighted by Gasteiger charge is 2.25. The van der Waals surface area contributed by atoms with Crippen molar-refractivity contribution >= 4 is 5.82 Å². The number of nitrogens with zero attached hydrogens (tertiary/aromatic N) is 3. The van der Waals surface area contributed by atoms with E-state index in [-0.39, 0.29) is 0 Å². The van der Waals surface area contributed by atoms with Crippen molar-refractivity contribution in [3.63, 3.8) is 0 Å². The maximum absolute atomic E-state index is 5.69. The van der Waals surface area contributed by atoms with Gasteiger partial charge in [-0.15, -0.1) is 0 Å². The van der Waals surface area contributed by atoms with Crippen LogP contribution < -0.4 is 5.32 Å². The molecule has 2 atom stereocenters. The molecule has 1 aromatic heterocycles. The second kappa shape index (κ2) is 5.92. The summed E-state index contributed by atoms with van der Waals surface area (Å²) in [6.07, 6.45) is 0.316. The second-order valence-electron chi connectivity index (χ2n) is 5.49. The molecule has 0 spiro atoms. The van der Waals surface area contributed by atoms with Gasteiger partial charge in [-0.05, 0) is 27.7 Å². The summed E-state index contributed by atoms with van der Waals surface area (Å²) in [4.78, 5) is 2.49. The molecule has 2 rings (SSSR count). The molecule has 1 aromatic rings. The average Bonchev–Trinajstić information content (AvgIpc) is 2.61. The number of hydrogen-bond donors (Lipinski definition) is 1. The van der Waals surface area contributed by atoms with E-state index in [1.807, 2.05) is 11.7 Å². The van der Waals surface area contributed by atoms with Gasteiger partial charge in [0.1, 0.15) is 5.82 Å². The molecule has 0 saturated carbocycles. The van der Waals surface area contributed by atoms with Crippen LogP contribution in [0, 0.1) is 6.92 Å². The lowest BCUT2D eigenvalue weighted by molar-refractivity contribution is -0.0526. The van der Waals surface area contributed by atoms with Crippen molar-refractivity contribution < 1.29 is 4.74 Å². The van der Waals surface area contributed by atoms with E-state index in [4.69, 9.17) is 4.74 Å². The minimum absolute atomic E-state index is 0.316. The SMILES string of the molecule is CCNc1c(CN2CC(C)OCC2C)c(C)nn1C. The first-order valence-corrected chi connectivity index (χ1v) is 7.14. The van der Waals surface area contributed by atoms with Crippen LogP contribution in [0.3, 0.4) is 0 Å². The van der Waals surface area contributed by atoms with Crippen LogP contribution in [-0.2, 0) is 18.3 Å². The lowest BCUT2D eigenvalue weighted by Crippen LogP contribution is -2.46. The Morgan fingerprint density at radius 1 is 1.42 bits per heavy atom. The van der Waals surface area contributed by atoms with Crippen molar-refractivity contribution in [2.24, 2.45) is 7.05 Å². The van der Waals surface area contributed by atoms with E-state index in [1.165, 1.54) is 5.56 Å². The van der Waals surface area contributed by atoms with Gasteiger partial charge in [0.15, 0.2) is 0 Å². The third-order valence-corrected chi connectivity index (χ3v) is 3.79. The summed E-state index contributed by atoms with van der Waals surface area (Å²) >= 11 is 0. The number of ether oxygens (including phenoxy) is 1. The standard InChI is InChI=1S/C14H26N4O/c1-6-15-14-13(12(4)16-17(14)5)8-18-7-11(3)19-9-10(18)2/h10-11,15H,6-9H2,1-5H3. The van der Waals surface area contributed by atoms with Crippen LogP contribution in [0.15, 0.2) is 0 Å². The first-order valence-electron chi connectivity index (χ1n) is 7.14. The Kier molecular flexibility index (Phi) is 4.47. The molecule has 2 unspecified atom stereocenters. The summed E-state index contributed by atoms with van der Waals surface area (Å²) in [5.74, 6) is 1.14. The first kappa shape index (κ1) is 14.3. The van der Waals surface area contributed by atoms with Gasteiger partial charge in [-0.2, -0.15) is 5.10 Å². The van der Waals surface area contributed by atoms with Gasteiger partial charge in [-0.25, -0.2) is 0 Å². The van der Waals surface area contributed by atoms with Gasteiger partial charge in [-0.1, -0.05) is 0 Å². The molecule has 2 heterocycles. The molecule has 0 aliphatic carbocycles. The zero-order chi connectivity index (χ0) is 14.0. The predicted octanol–water partition coefficient (Wildman–Crippen LogP) is 1.77. The van der Waals surface area contributed by atoms with Crippen LogP contribution in [-0.4, -0.2) is 46.5 Å². The van der Waals surface area contributed by atoms with Crippen LogP contribution in [0.25, 0.3) is 0 Å². The van der Waals surface area contributed by atoms with Crippen molar-refractivity contribution in [2.45, 2.75) is 46.4 Å². The highest BCUT2D eigenvalue weighted by atomic mass is 16.5. The number of rotatable bonds is 4. The predicted molar refractivity (Wildman–Crippen MR) is 77.4 cm³/mol. The largest absolute Gasteiger partial charge is 0.376 e. The van der Waals surface area contributed by atoms with E-state index in [2.05, 4.69) is 43.0 Å². The number of aromatic nitrogens is 2. The van der Waals surface area contributed by atoms with Crippen LogP contribution in [0.4, 0.5) is 5.82 Å². The summed E-state index contributed by atoms with van der Waals surface area (Å²) in [5, 5.41) is 7.96. The highest BCUT2D eigenvalue weighted by molar-refractivity contribution is 5.47. The third-order valence-electron chi connectivity index (χ3n) is 3.79. The van der Waals surface area contributed by atoms with E-state index < -0.39 is 0 Å². The van der Waals surface area contributed by atoms with Gasteiger partial charge < -0.3 is 10.1 Å². The topological polar surface area (TPSA) is 42.3 Å². The van der Waals surface area contributed by atoms with E-state index in [1.54, 1.807) is 0 Å². The summed E-state index contributed by atoms with van der Waals surface area (Å²) < 4.78 is 7.64. The van der Waals surface area contributed by atoms with Gasteiger partial charge in [0.25, 0.3) is 0 Å². The average molecular weight is 266 g/mol. The van der Waals surface area contributed by atoms with Gasteiger partial charge in [0.05, 0.1) is 18.4 Å². The first-order chi connectivity index (χ1) is 9.02. The molecule has 5 heteroatoms. The van der Waals surface area contributed by atoms with Gasteiger partial charge in [0.2, 0.25) is 0 Å². The quantitative estimate of drug-likeness (QED) is 0.902. The fraction of sp³-hybridized carbons (Fsp3) is 0.786. The molecular weight excluding hydrogens is 240 g/mol. The maximum Gasteiger partial charge on any atom is 0.128 e. The van der Waals surface area contributed by atoms with Crippen molar-refractivity contribution in [1.29, 1.82) is 0 Å². The molecule has 1 aliphatic rings. The summed E-state index contributed by atoms with van der Waals surface area (Å²) in [7, 11) is 2.00.